The lowest BCUT2D eigenvalue weighted by Gasteiger charge is -2.03. The van der Waals surface area contributed by atoms with Crippen LogP contribution >= 0.6 is 0 Å². The van der Waals surface area contributed by atoms with Crippen molar-refractivity contribution in [2.75, 3.05) is 0 Å². The number of allylic oxidation sites excluding steroid dienone is 5. The van der Waals surface area contributed by atoms with Crippen LogP contribution in [0.3, 0.4) is 0 Å². The molecule has 14 heavy (non-hydrogen) atoms. The Morgan fingerprint density at radius 1 is 1.00 bits per heavy atom. The third-order valence-corrected chi connectivity index (χ3v) is 2.26. The first-order valence-electron chi connectivity index (χ1n) is 4.74. The molecule has 0 N–H and O–H groups in total. The average molecular weight is 180 g/mol. The normalized spacial score (nSPS) is 13.9. The van der Waals surface area contributed by atoms with Crippen LogP contribution < -0.4 is 0 Å². The highest BCUT2D eigenvalue weighted by molar-refractivity contribution is 5.76. The zero-order chi connectivity index (χ0) is 9.80. The van der Waals surface area contributed by atoms with E-state index in [-0.39, 0.29) is 0 Å². The average Bonchev–Trinajstić information content (AvgIpc) is 2.47. The number of aryl methyl sites for hydroxylation is 1. The highest BCUT2D eigenvalue weighted by atomic mass is 14.0. The fraction of sp³-hybridized carbons (Fsp3) is 0.0714. The van der Waals surface area contributed by atoms with Gasteiger partial charge in [-0.05, 0) is 30.2 Å². The SMILES string of the molecule is Cc1ccccc1C1=C=CC=CC=C1. The van der Waals surface area contributed by atoms with Gasteiger partial charge in [-0.3, -0.25) is 0 Å². The van der Waals surface area contributed by atoms with E-state index in [1.165, 1.54) is 11.1 Å². The second-order valence-corrected chi connectivity index (χ2v) is 3.28. The molecule has 0 nitrogen and oxygen atoms in total. The molecule has 1 aliphatic carbocycles. The Bertz CT molecular complexity index is 453. The number of hydrogen-bond acceptors (Lipinski definition) is 0. The molecule has 1 aliphatic rings. The third-order valence-electron chi connectivity index (χ3n) is 2.26. The molecular weight excluding hydrogens is 168 g/mol. The molecule has 1 aromatic rings. The smallest absolute Gasteiger partial charge is 0.0239 e. The summed E-state index contributed by atoms with van der Waals surface area (Å²) in [6.45, 7) is 2.12. The Kier molecular flexibility index (Phi) is 2.48. The lowest BCUT2D eigenvalue weighted by atomic mass is 10.0. The summed E-state index contributed by atoms with van der Waals surface area (Å²) in [6, 6.07) is 8.36. The molecule has 0 bridgehead atoms. The summed E-state index contributed by atoms with van der Waals surface area (Å²) in [5.74, 6) is 0. The topological polar surface area (TPSA) is 0 Å². The molecule has 68 valence electrons. The molecule has 0 saturated carbocycles. The molecule has 0 atom stereocenters. The summed E-state index contributed by atoms with van der Waals surface area (Å²) >= 11 is 0. The van der Waals surface area contributed by atoms with Crippen molar-refractivity contribution in [1.82, 2.24) is 0 Å². The minimum atomic E-state index is 1.15. The van der Waals surface area contributed by atoms with E-state index in [4.69, 9.17) is 0 Å². The van der Waals surface area contributed by atoms with E-state index in [1.54, 1.807) is 0 Å². The van der Waals surface area contributed by atoms with Crippen LogP contribution in [0.15, 0.2) is 60.4 Å². The van der Waals surface area contributed by atoms with Crippen LogP contribution in [-0.2, 0) is 0 Å². The van der Waals surface area contributed by atoms with Gasteiger partial charge in [0.15, 0.2) is 0 Å². The van der Waals surface area contributed by atoms with Crippen molar-refractivity contribution in [3.63, 3.8) is 0 Å². The summed E-state index contributed by atoms with van der Waals surface area (Å²) in [7, 11) is 0. The molecule has 0 radical (unpaired) electrons. The maximum Gasteiger partial charge on any atom is 0.0239 e. The molecule has 0 aliphatic heterocycles. The first kappa shape index (κ1) is 8.80. The van der Waals surface area contributed by atoms with Gasteiger partial charge in [0.2, 0.25) is 0 Å². The lowest BCUT2D eigenvalue weighted by molar-refractivity contribution is 1.43. The van der Waals surface area contributed by atoms with Gasteiger partial charge in [-0.25, -0.2) is 0 Å². The standard InChI is InChI=1S/C14H12/c1-12-8-6-7-11-14(12)13-9-4-2-3-5-10-13/h2-9,11H,1H3. The third kappa shape index (κ3) is 1.76. The van der Waals surface area contributed by atoms with E-state index in [2.05, 4.69) is 43.0 Å². The maximum absolute atomic E-state index is 3.26. The largest absolute Gasteiger partial charge is 0.112 e. The van der Waals surface area contributed by atoms with Gasteiger partial charge in [0.1, 0.15) is 0 Å². The van der Waals surface area contributed by atoms with Crippen molar-refractivity contribution in [3.05, 3.63) is 71.5 Å². The predicted octanol–water partition coefficient (Wildman–Crippen LogP) is 3.66. The second kappa shape index (κ2) is 3.95. The van der Waals surface area contributed by atoms with Crippen LogP contribution in [0.1, 0.15) is 11.1 Å². The van der Waals surface area contributed by atoms with Crippen LogP contribution in [-0.4, -0.2) is 0 Å². The fourth-order valence-corrected chi connectivity index (χ4v) is 1.50. The molecule has 2 rings (SSSR count). The van der Waals surface area contributed by atoms with Crippen molar-refractivity contribution in [2.45, 2.75) is 6.92 Å². The van der Waals surface area contributed by atoms with Crippen molar-refractivity contribution < 1.29 is 0 Å². The van der Waals surface area contributed by atoms with Crippen molar-refractivity contribution >= 4 is 5.57 Å². The Labute approximate surface area is 84.6 Å². The second-order valence-electron chi connectivity index (χ2n) is 3.28. The summed E-state index contributed by atoms with van der Waals surface area (Å²) in [4.78, 5) is 0. The summed E-state index contributed by atoms with van der Waals surface area (Å²) in [5.41, 5.74) is 6.94. The highest BCUT2D eigenvalue weighted by Gasteiger charge is 1.99. The minimum absolute atomic E-state index is 1.15. The Balaban J connectivity index is 2.51. The molecule has 0 aromatic heterocycles. The van der Waals surface area contributed by atoms with Gasteiger partial charge >= 0.3 is 0 Å². The maximum atomic E-state index is 3.26. The van der Waals surface area contributed by atoms with Gasteiger partial charge in [0.25, 0.3) is 0 Å². The molecule has 0 unspecified atom stereocenters. The van der Waals surface area contributed by atoms with Gasteiger partial charge in [0, 0.05) is 5.57 Å². The van der Waals surface area contributed by atoms with Gasteiger partial charge in [0.05, 0.1) is 0 Å². The summed E-state index contributed by atoms with van der Waals surface area (Å²) in [6.07, 6.45) is 10.1. The Morgan fingerprint density at radius 2 is 1.86 bits per heavy atom. The fourth-order valence-electron chi connectivity index (χ4n) is 1.50. The van der Waals surface area contributed by atoms with Gasteiger partial charge in [-0.2, -0.15) is 0 Å². The van der Waals surface area contributed by atoms with E-state index in [1.807, 2.05) is 24.3 Å². The Morgan fingerprint density at radius 3 is 2.71 bits per heavy atom. The highest BCUT2D eigenvalue weighted by Crippen LogP contribution is 2.19. The first-order chi connectivity index (χ1) is 6.88. The molecule has 1 aromatic carbocycles. The number of rotatable bonds is 1. The molecule has 0 heteroatoms. The van der Waals surface area contributed by atoms with Crippen LogP contribution in [0.25, 0.3) is 5.57 Å². The zero-order valence-electron chi connectivity index (χ0n) is 8.20. The van der Waals surface area contributed by atoms with Gasteiger partial charge < -0.3 is 0 Å². The first-order valence-corrected chi connectivity index (χ1v) is 4.74. The van der Waals surface area contributed by atoms with E-state index in [0.717, 1.165) is 5.57 Å². The molecule has 0 saturated heterocycles. The predicted molar refractivity (Wildman–Crippen MR) is 60.9 cm³/mol. The van der Waals surface area contributed by atoms with E-state index >= 15 is 0 Å². The number of benzene rings is 1. The van der Waals surface area contributed by atoms with Crippen LogP contribution in [0, 0.1) is 6.92 Å². The van der Waals surface area contributed by atoms with Crippen molar-refractivity contribution in [1.29, 1.82) is 0 Å². The van der Waals surface area contributed by atoms with Gasteiger partial charge in [-0.15, -0.1) is 5.73 Å². The number of hydrogen-bond donors (Lipinski definition) is 0. The van der Waals surface area contributed by atoms with Gasteiger partial charge in [-0.1, -0.05) is 42.5 Å². The van der Waals surface area contributed by atoms with Crippen molar-refractivity contribution in [3.8, 4) is 0 Å². The molecule has 0 spiro atoms. The van der Waals surface area contributed by atoms with Crippen LogP contribution in [0.2, 0.25) is 0 Å². The zero-order valence-corrected chi connectivity index (χ0v) is 8.20. The van der Waals surface area contributed by atoms with Crippen LogP contribution in [0.4, 0.5) is 0 Å². The van der Waals surface area contributed by atoms with E-state index in [9.17, 15) is 0 Å². The monoisotopic (exact) mass is 180 g/mol. The van der Waals surface area contributed by atoms with Crippen LogP contribution in [0.5, 0.6) is 0 Å². The quantitative estimate of drug-likeness (QED) is 0.578. The molecular formula is C14H12. The molecule has 0 fully saturated rings. The minimum Gasteiger partial charge on any atom is -0.112 e. The molecule has 0 amide bonds. The lowest BCUT2D eigenvalue weighted by Crippen LogP contribution is -1.83. The van der Waals surface area contributed by atoms with Crippen molar-refractivity contribution in [2.24, 2.45) is 0 Å². The Hall–Kier alpha value is -1.78. The summed E-state index contributed by atoms with van der Waals surface area (Å²) < 4.78 is 0. The van der Waals surface area contributed by atoms with E-state index < -0.39 is 0 Å². The van der Waals surface area contributed by atoms with E-state index in [0.29, 0.717) is 0 Å². The summed E-state index contributed by atoms with van der Waals surface area (Å²) in [5, 5.41) is 0. The molecule has 0 heterocycles.